The Kier molecular flexibility index (Phi) is 10.9. The van der Waals surface area contributed by atoms with Crippen LogP contribution in [-0.4, -0.2) is 92.7 Å². The van der Waals surface area contributed by atoms with Crippen molar-refractivity contribution in [3.05, 3.63) is 34.9 Å². The van der Waals surface area contributed by atoms with Crippen molar-refractivity contribution in [3.8, 4) is 0 Å². The van der Waals surface area contributed by atoms with Gasteiger partial charge in [-0.2, -0.15) is 0 Å². The molecule has 7 heteroatoms. The van der Waals surface area contributed by atoms with Gasteiger partial charge in [-0.3, -0.25) is 14.8 Å². The summed E-state index contributed by atoms with van der Waals surface area (Å²) < 4.78 is 0. The Morgan fingerprint density at radius 2 is 1.70 bits per heavy atom. The molecule has 0 radical (unpaired) electrons. The summed E-state index contributed by atoms with van der Waals surface area (Å²) in [6, 6.07) is 8.82. The van der Waals surface area contributed by atoms with Crippen LogP contribution in [0.3, 0.4) is 0 Å². The van der Waals surface area contributed by atoms with Crippen LogP contribution in [0.15, 0.2) is 29.3 Å². The summed E-state index contributed by atoms with van der Waals surface area (Å²) in [4.78, 5) is 12.0. The van der Waals surface area contributed by atoms with Crippen molar-refractivity contribution in [1.29, 1.82) is 0 Å². The zero-order chi connectivity index (χ0) is 21.9. The SMILES string of the molecule is CCN1CCN(C(C)CNC(=NC)NCC(c2ccccc2Cl)N(CC)CC)CC1. The molecule has 6 nitrogen and oxygen atoms in total. The molecular weight excluding hydrogens is 396 g/mol. The molecule has 1 aromatic rings. The summed E-state index contributed by atoms with van der Waals surface area (Å²) in [6.45, 7) is 18.3. The maximum atomic E-state index is 6.53. The number of piperazine rings is 1. The third-order valence-corrected chi connectivity index (χ3v) is 6.59. The number of rotatable bonds is 10. The highest BCUT2D eigenvalue weighted by atomic mass is 35.5. The number of likely N-dealkylation sites (N-methyl/N-ethyl adjacent to an activating group) is 2. The van der Waals surface area contributed by atoms with Crippen molar-refractivity contribution in [2.75, 3.05) is 66.0 Å². The molecule has 1 aromatic carbocycles. The average molecular weight is 437 g/mol. The van der Waals surface area contributed by atoms with E-state index in [-0.39, 0.29) is 6.04 Å². The van der Waals surface area contributed by atoms with Crippen LogP contribution >= 0.6 is 11.6 Å². The van der Waals surface area contributed by atoms with E-state index in [1.807, 2.05) is 19.2 Å². The third-order valence-electron chi connectivity index (χ3n) is 6.25. The van der Waals surface area contributed by atoms with E-state index in [9.17, 15) is 0 Å². The number of hydrogen-bond donors (Lipinski definition) is 2. The summed E-state index contributed by atoms with van der Waals surface area (Å²) in [7, 11) is 1.84. The van der Waals surface area contributed by atoms with Crippen LogP contribution < -0.4 is 10.6 Å². The van der Waals surface area contributed by atoms with Crippen molar-refractivity contribution >= 4 is 17.6 Å². The quantitative estimate of drug-likeness (QED) is 0.436. The fraction of sp³-hybridized carbons (Fsp3) is 0.696. The smallest absolute Gasteiger partial charge is 0.191 e. The fourth-order valence-corrected chi connectivity index (χ4v) is 4.41. The monoisotopic (exact) mass is 436 g/mol. The molecular formula is C23H41ClN6. The molecule has 2 N–H and O–H groups in total. The third kappa shape index (κ3) is 7.12. The van der Waals surface area contributed by atoms with Gasteiger partial charge in [0.05, 0.1) is 6.04 Å². The van der Waals surface area contributed by atoms with E-state index < -0.39 is 0 Å². The van der Waals surface area contributed by atoms with Gasteiger partial charge in [0, 0.05) is 57.4 Å². The van der Waals surface area contributed by atoms with Gasteiger partial charge in [-0.25, -0.2) is 0 Å². The van der Waals surface area contributed by atoms with Gasteiger partial charge < -0.3 is 15.5 Å². The normalized spacial score (nSPS) is 18.4. The molecule has 0 aromatic heterocycles. The molecule has 2 rings (SSSR count). The van der Waals surface area contributed by atoms with Crippen LogP contribution in [0.2, 0.25) is 5.02 Å². The van der Waals surface area contributed by atoms with Gasteiger partial charge in [-0.15, -0.1) is 0 Å². The Labute approximate surface area is 188 Å². The van der Waals surface area contributed by atoms with Crippen molar-refractivity contribution in [1.82, 2.24) is 25.3 Å². The Hall–Kier alpha value is -1.34. The van der Waals surface area contributed by atoms with Crippen LogP contribution in [0.4, 0.5) is 0 Å². The van der Waals surface area contributed by atoms with Crippen LogP contribution in [0.1, 0.15) is 39.3 Å². The molecule has 1 heterocycles. The molecule has 0 bridgehead atoms. The first-order valence-corrected chi connectivity index (χ1v) is 11.8. The minimum Gasteiger partial charge on any atom is -0.355 e. The molecule has 1 aliphatic rings. The number of aliphatic imine (C=N–C) groups is 1. The predicted octanol–water partition coefficient (Wildman–Crippen LogP) is 2.91. The van der Waals surface area contributed by atoms with Crippen molar-refractivity contribution < 1.29 is 0 Å². The largest absolute Gasteiger partial charge is 0.355 e. The topological polar surface area (TPSA) is 46.1 Å². The first kappa shape index (κ1) is 24.9. The molecule has 30 heavy (non-hydrogen) atoms. The lowest BCUT2D eigenvalue weighted by atomic mass is 10.0. The molecule has 0 amide bonds. The van der Waals surface area contributed by atoms with Gasteiger partial charge in [-0.1, -0.05) is 50.6 Å². The Bertz CT molecular complexity index is 640. The highest BCUT2D eigenvalue weighted by Gasteiger charge is 2.22. The van der Waals surface area contributed by atoms with E-state index in [0.717, 1.165) is 75.4 Å². The van der Waals surface area contributed by atoms with E-state index in [2.05, 4.69) is 70.2 Å². The number of guanidine groups is 1. The zero-order valence-electron chi connectivity index (χ0n) is 19.5. The molecule has 2 atom stereocenters. The maximum Gasteiger partial charge on any atom is 0.191 e. The number of hydrogen-bond acceptors (Lipinski definition) is 4. The molecule has 0 spiro atoms. The van der Waals surface area contributed by atoms with E-state index in [1.54, 1.807) is 0 Å². The van der Waals surface area contributed by atoms with Crippen LogP contribution in [0, 0.1) is 0 Å². The zero-order valence-corrected chi connectivity index (χ0v) is 20.3. The summed E-state index contributed by atoms with van der Waals surface area (Å²) in [5, 5.41) is 7.87. The van der Waals surface area contributed by atoms with Crippen LogP contribution in [-0.2, 0) is 0 Å². The molecule has 0 aliphatic carbocycles. The van der Waals surface area contributed by atoms with Gasteiger partial charge in [-0.05, 0) is 38.2 Å². The maximum absolute atomic E-state index is 6.53. The molecule has 2 unspecified atom stereocenters. The molecule has 1 aliphatic heterocycles. The van der Waals surface area contributed by atoms with Gasteiger partial charge in [0.25, 0.3) is 0 Å². The predicted molar refractivity (Wildman–Crippen MR) is 130 cm³/mol. The first-order chi connectivity index (χ1) is 14.5. The van der Waals surface area contributed by atoms with Crippen molar-refractivity contribution in [2.24, 2.45) is 4.99 Å². The van der Waals surface area contributed by atoms with Gasteiger partial charge in [0.15, 0.2) is 5.96 Å². The number of halogens is 1. The standard InChI is InChI=1S/C23H41ClN6/c1-6-28-13-15-30(16-14-28)19(4)17-26-23(25-5)27-18-22(29(7-2)8-3)20-11-9-10-12-21(20)24/h9-12,19,22H,6-8,13-18H2,1-5H3,(H2,25,26,27). The minimum absolute atomic E-state index is 0.201. The van der Waals surface area contributed by atoms with E-state index >= 15 is 0 Å². The lowest BCUT2D eigenvalue weighted by Gasteiger charge is -2.37. The highest BCUT2D eigenvalue weighted by molar-refractivity contribution is 6.31. The summed E-state index contributed by atoms with van der Waals surface area (Å²) in [5.41, 5.74) is 1.16. The second-order valence-corrected chi connectivity index (χ2v) is 8.32. The van der Waals surface area contributed by atoms with E-state index in [1.165, 1.54) is 0 Å². The fourth-order valence-electron chi connectivity index (χ4n) is 4.15. The second kappa shape index (κ2) is 13.2. The number of benzene rings is 1. The Morgan fingerprint density at radius 1 is 1.07 bits per heavy atom. The minimum atomic E-state index is 0.201. The lowest BCUT2D eigenvalue weighted by Crippen LogP contribution is -2.53. The molecule has 0 saturated carbocycles. The summed E-state index contributed by atoms with van der Waals surface area (Å²) in [5.74, 6) is 0.846. The Balaban J connectivity index is 1.91. The van der Waals surface area contributed by atoms with Crippen LogP contribution in [0.5, 0.6) is 0 Å². The van der Waals surface area contributed by atoms with Gasteiger partial charge in [0.1, 0.15) is 0 Å². The van der Waals surface area contributed by atoms with E-state index in [0.29, 0.717) is 6.04 Å². The highest BCUT2D eigenvalue weighted by Crippen LogP contribution is 2.26. The van der Waals surface area contributed by atoms with Crippen molar-refractivity contribution in [2.45, 2.75) is 39.8 Å². The van der Waals surface area contributed by atoms with E-state index in [4.69, 9.17) is 11.6 Å². The average Bonchev–Trinajstić information content (AvgIpc) is 2.79. The first-order valence-electron chi connectivity index (χ1n) is 11.4. The van der Waals surface area contributed by atoms with Crippen molar-refractivity contribution in [3.63, 3.8) is 0 Å². The molecule has 1 saturated heterocycles. The summed E-state index contributed by atoms with van der Waals surface area (Å²) >= 11 is 6.53. The molecule has 1 fully saturated rings. The van der Waals surface area contributed by atoms with Gasteiger partial charge in [0.2, 0.25) is 0 Å². The molecule has 170 valence electrons. The summed E-state index contributed by atoms with van der Waals surface area (Å²) in [6.07, 6.45) is 0. The Morgan fingerprint density at radius 3 is 2.27 bits per heavy atom. The van der Waals surface area contributed by atoms with Gasteiger partial charge >= 0.3 is 0 Å². The van der Waals surface area contributed by atoms with Crippen LogP contribution in [0.25, 0.3) is 0 Å². The second-order valence-electron chi connectivity index (χ2n) is 7.91. The number of nitrogens with one attached hydrogen (secondary N) is 2. The number of nitrogens with zero attached hydrogens (tertiary/aromatic N) is 4. The lowest BCUT2D eigenvalue weighted by molar-refractivity contribution is 0.107.